The predicted octanol–water partition coefficient (Wildman–Crippen LogP) is 2.04. The Morgan fingerprint density at radius 2 is 1.95 bits per heavy atom. The van der Waals surface area contributed by atoms with Crippen molar-refractivity contribution in [1.82, 2.24) is 10.6 Å². The minimum atomic E-state index is -4.60. The molecule has 0 amide bonds. The fraction of sp³-hybridized carbons (Fsp3) is 0.929. The van der Waals surface area contributed by atoms with E-state index in [2.05, 4.69) is 15.6 Å². The summed E-state index contributed by atoms with van der Waals surface area (Å²) >= 11 is 0. The van der Waals surface area contributed by atoms with Crippen LogP contribution in [0.2, 0.25) is 0 Å². The summed E-state index contributed by atoms with van der Waals surface area (Å²) in [6.07, 6.45) is 0.188. The van der Waals surface area contributed by atoms with Crippen molar-refractivity contribution in [1.29, 1.82) is 0 Å². The second-order valence-corrected chi connectivity index (χ2v) is 6.12. The van der Waals surface area contributed by atoms with E-state index in [1.165, 1.54) is 32.7 Å². The van der Waals surface area contributed by atoms with Crippen LogP contribution in [-0.2, 0) is 0 Å². The molecule has 0 aromatic heterocycles. The molecule has 4 nitrogen and oxygen atoms in total. The monoisotopic (exact) mass is 307 g/mol. The average Bonchev–Trinajstić information content (AvgIpc) is 2.89. The van der Waals surface area contributed by atoms with Gasteiger partial charge in [0.05, 0.1) is 6.54 Å². The second-order valence-electron chi connectivity index (χ2n) is 6.12. The van der Waals surface area contributed by atoms with E-state index in [9.17, 15) is 13.2 Å². The van der Waals surface area contributed by atoms with Gasteiger partial charge in [0.25, 0.3) is 0 Å². The van der Waals surface area contributed by atoms with Gasteiger partial charge in [0.2, 0.25) is 0 Å². The first kappa shape index (κ1) is 16.4. The maximum absolute atomic E-state index is 12.3. The molecule has 2 saturated carbocycles. The molecule has 0 aromatic carbocycles. The molecule has 2 fully saturated rings. The Kier molecular flexibility index (Phi) is 5.35. The molecule has 0 aromatic rings. The van der Waals surface area contributed by atoms with E-state index in [4.69, 9.17) is 5.11 Å². The van der Waals surface area contributed by atoms with Crippen molar-refractivity contribution in [2.24, 2.45) is 16.8 Å². The van der Waals surface area contributed by atoms with Gasteiger partial charge in [-0.3, -0.25) is 4.99 Å². The lowest BCUT2D eigenvalue weighted by Crippen LogP contribution is -2.49. The highest BCUT2D eigenvalue weighted by Crippen LogP contribution is 2.41. The molecule has 21 heavy (non-hydrogen) atoms. The van der Waals surface area contributed by atoms with Gasteiger partial charge in [-0.05, 0) is 31.1 Å². The quantitative estimate of drug-likeness (QED) is 0.552. The third-order valence-electron chi connectivity index (χ3n) is 4.69. The van der Waals surface area contributed by atoms with E-state index in [1.807, 2.05) is 0 Å². The highest BCUT2D eigenvalue weighted by Gasteiger charge is 2.38. The molecular formula is C14H24F3N3O. The number of guanidine groups is 1. The van der Waals surface area contributed by atoms with Gasteiger partial charge < -0.3 is 15.7 Å². The molecule has 0 radical (unpaired) electrons. The van der Waals surface area contributed by atoms with Crippen molar-refractivity contribution >= 4 is 5.96 Å². The minimum Gasteiger partial charge on any atom is -0.382 e. The first-order valence-corrected chi connectivity index (χ1v) is 7.62. The Morgan fingerprint density at radius 3 is 2.62 bits per heavy atom. The molecule has 3 N–H and O–H groups in total. The number of halogens is 3. The van der Waals surface area contributed by atoms with Crippen molar-refractivity contribution < 1.29 is 18.3 Å². The Hall–Kier alpha value is -0.980. The van der Waals surface area contributed by atoms with Gasteiger partial charge in [-0.1, -0.05) is 19.3 Å². The Balaban J connectivity index is 1.77. The van der Waals surface area contributed by atoms with Crippen LogP contribution in [-0.4, -0.2) is 43.0 Å². The fourth-order valence-corrected chi connectivity index (χ4v) is 3.53. The highest BCUT2D eigenvalue weighted by molar-refractivity contribution is 5.80. The number of hydrogen-bond donors (Lipinski definition) is 3. The topological polar surface area (TPSA) is 56.7 Å². The van der Waals surface area contributed by atoms with Gasteiger partial charge in [-0.2, -0.15) is 13.2 Å². The molecule has 0 heterocycles. The lowest BCUT2D eigenvalue weighted by molar-refractivity contribution is -0.201. The number of aliphatic hydroxyl groups excluding tert-OH is 1. The summed E-state index contributed by atoms with van der Waals surface area (Å²) in [6, 6.07) is 0.263. The lowest BCUT2D eigenvalue weighted by Gasteiger charge is -2.33. The van der Waals surface area contributed by atoms with Crippen LogP contribution in [0.15, 0.2) is 4.99 Å². The molecule has 0 saturated heterocycles. The summed E-state index contributed by atoms with van der Waals surface area (Å²) in [7, 11) is 1.52. The SMILES string of the molecule is CN=C(NCC(O)C(F)(F)F)NC1CCC2CCCC2C1. The number of aliphatic imine (C=N–C) groups is 1. The summed E-state index contributed by atoms with van der Waals surface area (Å²) in [6.45, 7) is -0.581. The molecule has 2 rings (SSSR count). The van der Waals surface area contributed by atoms with Crippen molar-refractivity contribution in [3.8, 4) is 0 Å². The zero-order valence-corrected chi connectivity index (χ0v) is 12.3. The molecule has 4 atom stereocenters. The first-order chi connectivity index (χ1) is 9.90. The van der Waals surface area contributed by atoms with Gasteiger partial charge in [0, 0.05) is 13.1 Å². The van der Waals surface area contributed by atoms with Crippen molar-refractivity contribution in [3.05, 3.63) is 0 Å². The van der Waals surface area contributed by atoms with Gasteiger partial charge in [-0.25, -0.2) is 0 Å². The molecule has 0 aliphatic heterocycles. The third kappa shape index (κ3) is 4.49. The summed E-state index contributed by atoms with van der Waals surface area (Å²) in [5, 5.41) is 14.7. The van der Waals surface area contributed by atoms with Crippen LogP contribution in [0.5, 0.6) is 0 Å². The van der Waals surface area contributed by atoms with Crippen molar-refractivity contribution in [2.45, 2.75) is 56.8 Å². The summed E-state index contributed by atoms with van der Waals surface area (Å²) < 4.78 is 36.8. The second kappa shape index (κ2) is 6.85. The molecule has 4 unspecified atom stereocenters. The third-order valence-corrected chi connectivity index (χ3v) is 4.69. The standard InChI is InChI=1S/C14H24F3N3O/c1-18-13(19-8-12(21)14(15,16)17)20-11-6-5-9-3-2-4-10(9)7-11/h9-12,21H,2-8H2,1H3,(H2,18,19,20). The smallest absolute Gasteiger partial charge is 0.382 e. The molecule has 2 aliphatic rings. The number of rotatable bonds is 3. The van der Waals surface area contributed by atoms with Crippen LogP contribution < -0.4 is 10.6 Å². The maximum atomic E-state index is 12.3. The Bertz CT molecular complexity index is 373. The largest absolute Gasteiger partial charge is 0.416 e. The molecule has 7 heteroatoms. The number of fused-ring (bicyclic) bond motifs is 1. The molecule has 0 bridgehead atoms. The van der Waals surface area contributed by atoms with Crippen molar-refractivity contribution in [3.63, 3.8) is 0 Å². The van der Waals surface area contributed by atoms with E-state index >= 15 is 0 Å². The van der Waals surface area contributed by atoms with Crippen LogP contribution >= 0.6 is 0 Å². The van der Waals surface area contributed by atoms with E-state index in [0.717, 1.165) is 24.7 Å². The number of alkyl halides is 3. The van der Waals surface area contributed by atoms with E-state index in [0.29, 0.717) is 5.96 Å². The molecule has 2 aliphatic carbocycles. The lowest BCUT2D eigenvalue weighted by atomic mass is 9.79. The van der Waals surface area contributed by atoms with Crippen LogP contribution in [0.4, 0.5) is 13.2 Å². The molecular weight excluding hydrogens is 283 g/mol. The number of hydrogen-bond acceptors (Lipinski definition) is 2. The predicted molar refractivity (Wildman–Crippen MR) is 75.0 cm³/mol. The first-order valence-electron chi connectivity index (χ1n) is 7.62. The van der Waals surface area contributed by atoms with Gasteiger partial charge in [0.1, 0.15) is 0 Å². The molecule has 0 spiro atoms. The summed E-state index contributed by atoms with van der Waals surface area (Å²) in [5.74, 6) is 1.92. The van der Waals surface area contributed by atoms with Crippen LogP contribution in [0.25, 0.3) is 0 Å². The maximum Gasteiger partial charge on any atom is 0.416 e. The van der Waals surface area contributed by atoms with Gasteiger partial charge >= 0.3 is 6.18 Å². The Labute approximate surface area is 123 Å². The van der Waals surface area contributed by atoms with E-state index < -0.39 is 18.8 Å². The number of aliphatic hydroxyl groups is 1. The van der Waals surface area contributed by atoms with Crippen LogP contribution in [0.1, 0.15) is 38.5 Å². The molecule has 122 valence electrons. The number of nitrogens with one attached hydrogen (secondary N) is 2. The summed E-state index contributed by atoms with van der Waals surface area (Å²) in [4.78, 5) is 3.94. The van der Waals surface area contributed by atoms with Crippen LogP contribution in [0, 0.1) is 11.8 Å². The van der Waals surface area contributed by atoms with E-state index in [-0.39, 0.29) is 6.04 Å². The highest BCUT2D eigenvalue weighted by atomic mass is 19.4. The fourth-order valence-electron chi connectivity index (χ4n) is 3.53. The Morgan fingerprint density at radius 1 is 1.24 bits per heavy atom. The van der Waals surface area contributed by atoms with Gasteiger partial charge in [-0.15, -0.1) is 0 Å². The number of nitrogens with zero attached hydrogens (tertiary/aromatic N) is 1. The zero-order valence-electron chi connectivity index (χ0n) is 12.3. The van der Waals surface area contributed by atoms with E-state index in [1.54, 1.807) is 0 Å². The minimum absolute atomic E-state index is 0.263. The van der Waals surface area contributed by atoms with Crippen LogP contribution in [0.3, 0.4) is 0 Å². The van der Waals surface area contributed by atoms with Crippen molar-refractivity contribution in [2.75, 3.05) is 13.6 Å². The average molecular weight is 307 g/mol. The normalized spacial score (nSPS) is 31.7. The summed E-state index contributed by atoms with van der Waals surface area (Å²) in [5.41, 5.74) is 0. The van der Waals surface area contributed by atoms with Gasteiger partial charge in [0.15, 0.2) is 12.1 Å². The zero-order chi connectivity index (χ0) is 15.5.